The van der Waals surface area contributed by atoms with E-state index in [0.717, 1.165) is 6.42 Å². The van der Waals surface area contributed by atoms with E-state index >= 15 is 0 Å². The summed E-state index contributed by atoms with van der Waals surface area (Å²) in [5.74, 6) is 1.99. The van der Waals surface area contributed by atoms with E-state index in [0.29, 0.717) is 30.4 Å². The molecule has 0 unspecified atom stereocenters. The molecule has 1 aliphatic heterocycles. The first-order valence-corrected chi connectivity index (χ1v) is 7.20. The van der Waals surface area contributed by atoms with Crippen molar-refractivity contribution in [1.82, 2.24) is 0 Å². The van der Waals surface area contributed by atoms with E-state index in [2.05, 4.69) is 13.8 Å². The number of hydrogen-bond acceptors (Lipinski definition) is 5. The quantitative estimate of drug-likeness (QED) is 0.779. The van der Waals surface area contributed by atoms with Crippen LogP contribution >= 0.6 is 0 Å². The van der Waals surface area contributed by atoms with E-state index < -0.39 is 5.54 Å². The number of nitrogens with zero attached hydrogens (tertiary/aromatic N) is 2. The Balaban J connectivity index is 2.38. The second-order valence-electron chi connectivity index (χ2n) is 6.11. The van der Waals surface area contributed by atoms with Crippen molar-refractivity contribution in [2.45, 2.75) is 51.6 Å². The highest BCUT2D eigenvalue weighted by Crippen LogP contribution is 2.38. The van der Waals surface area contributed by atoms with Crippen LogP contribution in [0.15, 0.2) is 9.98 Å². The highest BCUT2D eigenvalue weighted by Gasteiger charge is 2.47. The van der Waals surface area contributed by atoms with Crippen molar-refractivity contribution in [3.8, 4) is 0 Å². The lowest BCUT2D eigenvalue weighted by Gasteiger charge is -2.37. The molecule has 0 aromatic heterocycles. The first kappa shape index (κ1) is 15.0. The van der Waals surface area contributed by atoms with Crippen LogP contribution in [0.2, 0.25) is 0 Å². The Kier molecular flexibility index (Phi) is 4.16. The van der Waals surface area contributed by atoms with Crippen molar-refractivity contribution >= 4 is 17.6 Å². The molecule has 1 heterocycles. The molecule has 2 aliphatic rings. The van der Waals surface area contributed by atoms with Gasteiger partial charge < -0.3 is 9.47 Å². The Morgan fingerprint density at radius 3 is 2.45 bits per heavy atom. The molecule has 1 aliphatic carbocycles. The summed E-state index contributed by atoms with van der Waals surface area (Å²) >= 11 is 0. The molecule has 0 N–H and O–H groups in total. The lowest BCUT2D eigenvalue weighted by atomic mass is 9.83. The molecule has 112 valence electrons. The van der Waals surface area contributed by atoms with Gasteiger partial charge in [-0.25, -0.2) is 9.98 Å². The maximum Gasteiger partial charge on any atom is 0.212 e. The molecule has 0 aromatic carbocycles. The Bertz CT molecular complexity index is 456. The Morgan fingerprint density at radius 2 is 2.00 bits per heavy atom. The zero-order chi connectivity index (χ0) is 14.9. The largest absolute Gasteiger partial charge is 0.483 e. The highest BCUT2D eigenvalue weighted by molar-refractivity contribution is 5.97. The maximum absolute atomic E-state index is 11.6. The monoisotopic (exact) mass is 280 g/mol. The molecule has 0 saturated heterocycles. The van der Waals surface area contributed by atoms with Gasteiger partial charge in [0.1, 0.15) is 17.4 Å². The van der Waals surface area contributed by atoms with E-state index in [1.54, 1.807) is 14.2 Å². The first-order valence-electron chi connectivity index (χ1n) is 7.20. The minimum Gasteiger partial charge on any atom is -0.483 e. The smallest absolute Gasteiger partial charge is 0.212 e. The fraction of sp³-hybridized carbons (Fsp3) is 0.800. The van der Waals surface area contributed by atoms with Gasteiger partial charge in [0.15, 0.2) is 0 Å². The van der Waals surface area contributed by atoms with Gasteiger partial charge in [0, 0.05) is 18.8 Å². The topological polar surface area (TPSA) is 60.2 Å². The molecule has 1 fully saturated rings. The van der Waals surface area contributed by atoms with Crippen molar-refractivity contribution < 1.29 is 14.3 Å². The minimum atomic E-state index is -0.586. The van der Waals surface area contributed by atoms with E-state index in [9.17, 15) is 4.79 Å². The second-order valence-corrected chi connectivity index (χ2v) is 6.11. The van der Waals surface area contributed by atoms with Crippen LogP contribution in [0.3, 0.4) is 0 Å². The molecule has 3 atom stereocenters. The number of carbonyl (C=O) groups excluding carboxylic acids is 1. The summed E-state index contributed by atoms with van der Waals surface area (Å²) in [6, 6.07) is -0.111. The predicted molar refractivity (Wildman–Crippen MR) is 78.3 cm³/mol. The zero-order valence-corrected chi connectivity index (χ0v) is 13.0. The summed E-state index contributed by atoms with van der Waals surface area (Å²) < 4.78 is 10.9. The van der Waals surface area contributed by atoms with Gasteiger partial charge in [0.2, 0.25) is 11.8 Å². The minimum absolute atomic E-state index is 0.111. The van der Waals surface area contributed by atoms with Crippen LogP contribution in [0.25, 0.3) is 0 Å². The van der Waals surface area contributed by atoms with Crippen molar-refractivity contribution in [3.05, 3.63) is 0 Å². The SMILES string of the molecule is COC1=N[C@](C)([C@H]2CCC(=O)C2)C(OC)=N[C@@H]1C(C)C. The van der Waals surface area contributed by atoms with Crippen molar-refractivity contribution in [2.75, 3.05) is 14.2 Å². The van der Waals surface area contributed by atoms with Gasteiger partial charge in [-0.15, -0.1) is 0 Å². The zero-order valence-electron chi connectivity index (χ0n) is 13.0. The van der Waals surface area contributed by atoms with Crippen LogP contribution in [0.4, 0.5) is 0 Å². The molecule has 0 spiro atoms. The number of aliphatic imine (C=N–C) groups is 2. The molecule has 0 amide bonds. The average Bonchev–Trinajstić information content (AvgIpc) is 2.85. The number of ketones is 1. The van der Waals surface area contributed by atoms with Crippen LogP contribution in [-0.2, 0) is 14.3 Å². The molecule has 0 radical (unpaired) electrons. The van der Waals surface area contributed by atoms with Crippen LogP contribution in [-0.4, -0.2) is 43.4 Å². The van der Waals surface area contributed by atoms with Crippen molar-refractivity contribution in [3.63, 3.8) is 0 Å². The van der Waals surface area contributed by atoms with Crippen molar-refractivity contribution in [1.29, 1.82) is 0 Å². The second kappa shape index (κ2) is 5.54. The predicted octanol–water partition coefficient (Wildman–Crippen LogP) is 2.24. The summed E-state index contributed by atoms with van der Waals surface area (Å²) in [6.07, 6.45) is 2.01. The molecule has 1 saturated carbocycles. The van der Waals surface area contributed by atoms with Crippen molar-refractivity contribution in [2.24, 2.45) is 21.8 Å². The van der Waals surface area contributed by atoms with Crippen LogP contribution in [0.5, 0.6) is 0 Å². The molecule has 0 bridgehead atoms. The average molecular weight is 280 g/mol. The molecule has 5 nitrogen and oxygen atoms in total. The standard InChI is InChI=1S/C15H24N2O3/c1-9(2)12-13(19-4)17-15(3,14(16-12)20-5)10-6-7-11(18)8-10/h9-10,12H,6-8H2,1-5H3/t10-,12+,15+/m0/s1. The molecule has 0 aromatic rings. The van der Waals surface area contributed by atoms with Gasteiger partial charge in [0.25, 0.3) is 0 Å². The summed E-state index contributed by atoms with van der Waals surface area (Å²) in [5.41, 5.74) is -0.586. The summed E-state index contributed by atoms with van der Waals surface area (Å²) in [4.78, 5) is 21.1. The Labute approximate surface area is 120 Å². The van der Waals surface area contributed by atoms with Gasteiger partial charge in [-0.3, -0.25) is 4.79 Å². The first-order chi connectivity index (χ1) is 9.42. The fourth-order valence-corrected chi connectivity index (χ4v) is 3.07. The summed E-state index contributed by atoms with van der Waals surface area (Å²) in [5, 5.41) is 0. The third-order valence-corrected chi connectivity index (χ3v) is 4.36. The molecular formula is C15H24N2O3. The van der Waals surface area contributed by atoms with E-state index in [4.69, 9.17) is 19.5 Å². The van der Waals surface area contributed by atoms with Gasteiger partial charge in [-0.2, -0.15) is 0 Å². The van der Waals surface area contributed by atoms with E-state index in [1.165, 1.54) is 0 Å². The number of carbonyl (C=O) groups is 1. The van der Waals surface area contributed by atoms with Crippen LogP contribution < -0.4 is 0 Å². The third kappa shape index (κ3) is 2.45. The molecular weight excluding hydrogens is 256 g/mol. The number of hydrogen-bond donors (Lipinski definition) is 0. The molecule has 5 heteroatoms. The number of Topliss-reactive ketones (excluding diaryl/α,β-unsaturated/α-hetero) is 1. The summed E-state index contributed by atoms with van der Waals surface area (Å²) in [7, 11) is 3.25. The fourth-order valence-electron chi connectivity index (χ4n) is 3.07. The third-order valence-electron chi connectivity index (χ3n) is 4.36. The molecule has 2 rings (SSSR count). The highest BCUT2D eigenvalue weighted by atomic mass is 16.5. The van der Waals surface area contributed by atoms with Gasteiger partial charge in [-0.1, -0.05) is 13.8 Å². The van der Waals surface area contributed by atoms with Gasteiger partial charge in [-0.05, 0) is 19.3 Å². The Morgan fingerprint density at radius 1 is 1.30 bits per heavy atom. The normalized spacial score (nSPS) is 34.0. The van der Waals surface area contributed by atoms with Crippen LogP contribution in [0.1, 0.15) is 40.0 Å². The maximum atomic E-state index is 11.6. The number of rotatable bonds is 2. The van der Waals surface area contributed by atoms with E-state index in [-0.39, 0.29) is 17.9 Å². The lowest BCUT2D eigenvalue weighted by molar-refractivity contribution is -0.117. The summed E-state index contributed by atoms with van der Waals surface area (Å²) in [6.45, 7) is 6.16. The van der Waals surface area contributed by atoms with E-state index in [1.807, 2.05) is 6.92 Å². The van der Waals surface area contributed by atoms with Crippen LogP contribution in [0, 0.1) is 11.8 Å². The molecule has 20 heavy (non-hydrogen) atoms. The number of methoxy groups -OCH3 is 2. The van der Waals surface area contributed by atoms with Gasteiger partial charge in [0.05, 0.1) is 14.2 Å². The number of ether oxygens (including phenoxy) is 2. The lowest BCUT2D eigenvalue weighted by Crippen LogP contribution is -2.48. The van der Waals surface area contributed by atoms with Gasteiger partial charge >= 0.3 is 0 Å². The Hall–Kier alpha value is -1.39.